The van der Waals surface area contributed by atoms with E-state index in [1.54, 1.807) is 0 Å². The Hall–Kier alpha value is -2.46. The third-order valence-corrected chi connectivity index (χ3v) is 5.36. The first-order chi connectivity index (χ1) is 12.8. The highest BCUT2D eigenvalue weighted by molar-refractivity contribution is 5.70. The van der Waals surface area contributed by atoms with Crippen molar-refractivity contribution in [3.8, 4) is 11.3 Å². The number of nitrogens with zero attached hydrogens (tertiary/aromatic N) is 3. The van der Waals surface area contributed by atoms with E-state index in [2.05, 4.69) is 71.2 Å². The Morgan fingerprint density at radius 2 is 1.85 bits per heavy atom. The number of hydrogen-bond acceptors (Lipinski definition) is 3. The fraction of sp³-hybridized carbons (Fsp3) is 0.364. The van der Waals surface area contributed by atoms with E-state index in [0.29, 0.717) is 12.1 Å². The molecule has 0 saturated heterocycles. The van der Waals surface area contributed by atoms with E-state index in [4.69, 9.17) is 5.73 Å². The van der Waals surface area contributed by atoms with Crippen LogP contribution in [0.25, 0.3) is 16.8 Å². The van der Waals surface area contributed by atoms with E-state index in [1.165, 1.54) is 17.6 Å². The van der Waals surface area contributed by atoms with Crippen LogP contribution in [0.5, 0.6) is 0 Å². The van der Waals surface area contributed by atoms with Gasteiger partial charge < -0.3 is 5.73 Å². The maximum atomic E-state index is 6.11. The summed E-state index contributed by atoms with van der Waals surface area (Å²) in [6, 6.07) is 9.36. The summed E-state index contributed by atoms with van der Waals surface area (Å²) in [5.74, 6) is 0. The predicted molar refractivity (Wildman–Crippen MR) is 106 cm³/mol. The molecule has 4 rings (SSSR count). The van der Waals surface area contributed by atoms with E-state index in [1.807, 2.05) is 4.68 Å². The van der Waals surface area contributed by atoms with Crippen molar-refractivity contribution < 1.29 is 0 Å². The molecule has 2 aromatic rings. The quantitative estimate of drug-likeness (QED) is 0.878. The zero-order valence-electron chi connectivity index (χ0n) is 15.1. The molecular weight excluding hydrogens is 320 g/mol. The lowest BCUT2D eigenvalue weighted by Gasteiger charge is -2.26. The molecule has 1 aromatic heterocycles. The molecule has 0 unspecified atom stereocenters. The van der Waals surface area contributed by atoms with Crippen LogP contribution < -0.4 is 5.73 Å². The molecule has 0 amide bonds. The number of benzene rings is 1. The molecule has 1 fully saturated rings. The fourth-order valence-electron chi connectivity index (χ4n) is 3.86. The van der Waals surface area contributed by atoms with Crippen molar-refractivity contribution in [2.45, 2.75) is 50.6 Å². The first kappa shape index (κ1) is 17.0. The van der Waals surface area contributed by atoms with Gasteiger partial charge in [-0.15, -0.1) is 5.10 Å². The van der Waals surface area contributed by atoms with E-state index in [-0.39, 0.29) is 0 Å². The minimum atomic E-state index is 0.293. The van der Waals surface area contributed by atoms with Gasteiger partial charge in [0.05, 0.1) is 12.2 Å². The van der Waals surface area contributed by atoms with Crippen molar-refractivity contribution in [1.29, 1.82) is 0 Å². The van der Waals surface area contributed by atoms with Crippen molar-refractivity contribution in [1.82, 2.24) is 15.0 Å². The van der Waals surface area contributed by atoms with Crippen LogP contribution in [0.2, 0.25) is 0 Å². The summed E-state index contributed by atoms with van der Waals surface area (Å²) in [6.45, 7) is 0. The van der Waals surface area contributed by atoms with Crippen LogP contribution in [0.3, 0.4) is 0 Å². The smallest absolute Gasteiger partial charge is 0.113 e. The van der Waals surface area contributed by atoms with Crippen molar-refractivity contribution >= 4 is 5.57 Å². The molecule has 0 radical (unpaired) electrons. The summed E-state index contributed by atoms with van der Waals surface area (Å²) in [5.41, 5.74) is 10.8. The van der Waals surface area contributed by atoms with Gasteiger partial charge in [0.25, 0.3) is 0 Å². The Bertz CT molecular complexity index is 826. The fourth-order valence-corrected chi connectivity index (χ4v) is 3.86. The monoisotopic (exact) mass is 346 g/mol. The van der Waals surface area contributed by atoms with Gasteiger partial charge in [0.2, 0.25) is 0 Å². The molecule has 134 valence electrons. The molecule has 1 saturated carbocycles. The second kappa shape index (κ2) is 7.83. The van der Waals surface area contributed by atoms with Gasteiger partial charge in [-0.2, -0.15) is 0 Å². The van der Waals surface area contributed by atoms with Gasteiger partial charge in [-0.3, -0.25) is 0 Å². The normalized spacial score (nSPS) is 27.8. The van der Waals surface area contributed by atoms with Crippen molar-refractivity contribution in [2.24, 2.45) is 5.73 Å². The van der Waals surface area contributed by atoms with E-state index in [0.717, 1.165) is 43.4 Å². The number of allylic oxidation sites excluding steroid dienone is 6. The Morgan fingerprint density at radius 3 is 2.69 bits per heavy atom. The summed E-state index contributed by atoms with van der Waals surface area (Å²) in [7, 11) is 0. The van der Waals surface area contributed by atoms with Crippen molar-refractivity contribution in [2.75, 3.05) is 0 Å². The zero-order chi connectivity index (χ0) is 17.8. The van der Waals surface area contributed by atoms with Gasteiger partial charge >= 0.3 is 0 Å². The van der Waals surface area contributed by atoms with Gasteiger partial charge in [0.15, 0.2) is 0 Å². The molecular formula is C22H26N4. The molecule has 2 atom stereocenters. The van der Waals surface area contributed by atoms with E-state index in [9.17, 15) is 0 Å². The topological polar surface area (TPSA) is 56.7 Å². The molecule has 0 aliphatic heterocycles. The molecule has 0 spiro atoms. The lowest BCUT2D eigenvalue weighted by molar-refractivity contribution is 0.296. The Labute approximate surface area is 155 Å². The molecule has 2 aliphatic carbocycles. The minimum Gasteiger partial charge on any atom is -0.328 e. The molecule has 0 bridgehead atoms. The van der Waals surface area contributed by atoms with Crippen LogP contribution in [0.4, 0.5) is 0 Å². The van der Waals surface area contributed by atoms with Gasteiger partial charge in [-0.1, -0.05) is 59.9 Å². The first-order valence-corrected chi connectivity index (χ1v) is 9.60. The molecule has 26 heavy (non-hydrogen) atoms. The molecule has 4 nitrogen and oxygen atoms in total. The summed E-state index contributed by atoms with van der Waals surface area (Å²) in [4.78, 5) is 0. The number of nitrogens with two attached hydrogens (primary N) is 1. The average molecular weight is 346 g/mol. The van der Waals surface area contributed by atoms with Gasteiger partial charge in [0, 0.05) is 11.6 Å². The van der Waals surface area contributed by atoms with E-state index >= 15 is 0 Å². The Balaban J connectivity index is 1.50. The third kappa shape index (κ3) is 3.86. The average Bonchev–Trinajstić information content (AvgIpc) is 3.12. The van der Waals surface area contributed by atoms with E-state index < -0.39 is 0 Å². The van der Waals surface area contributed by atoms with Crippen LogP contribution in [0.1, 0.15) is 50.1 Å². The minimum absolute atomic E-state index is 0.293. The molecule has 2 aliphatic rings. The lowest BCUT2D eigenvalue weighted by atomic mass is 9.92. The molecule has 2 N–H and O–H groups in total. The first-order valence-electron chi connectivity index (χ1n) is 9.60. The van der Waals surface area contributed by atoms with Gasteiger partial charge in [0.1, 0.15) is 5.69 Å². The van der Waals surface area contributed by atoms with Crippen LogP contribution in [-0.2, 0) is 0 Å². The summed E-state index contributed by atoms with van der Waals surface area (Å²) < 4.78 is 2.01. The SMILES string of the molecule is N[C@@H]1CCC[C@H](n2cc(-c3ccc(/C4=C/C=C\C=C/CC4)cc3)nn2)C1. The highest BCUT2D eigenvalue weighted by Gasteiger charge is 2.22. The summed E-state index contributed by atoms with van der Waals surface area (Å²) >= 11 is 0. The van der Waals surface area contributed by atoms with Gasteiger partial charge in [-0.25, -0.2) is 4.68 Å². The summed E-state index contributed by atoms with van der Waals surface area (Å²) in [5, 5.41) is 8.76. The second-order valence-corrected chi connectivity index (χ2v) is 7.29. The molecule has 4 heteroatoms. The molecule has 1 heterocycles. The maximum absolute atomic E-state index is 6.11. The van der Waals surface area contributed by atoms with Crippen molar-refractivity contribution in [3.63, 3.8) is 0 Å². The zero-order valence-corrected chi connectivity index (χ0v) is 15.1. The molecule has 1 aromatic carbocycles. The number of rotatable bonds is 3. The highest BCUT2D eigenvalue weighted by atomic mass is 15.4. The Kier molecular flexibility index (Phi) is 5.12. The van der Waals surface area contributed by atoms with Crippen LogP contribution in [-0.4, -0.2) is 21.0 Å². The number of aromatic nitrogens is 3. The van der Waals surface area contributed by atoms with Crippen LogP contribution in [0.15, 0.2) is 60.8 Å². The van der Waals surface area contributed by atoms with Crippen LogP contribution in [0, 0.1) is 0 Å². The standard InChI is InChI=1S/C22H26N4/c23-20-9-6-10-21(15-20)26-16-22(24-25-26)19-13-11-18(12-14-19)17-7-4-2-1-3-5-8-17/h1-4,7,11-14,16,20-21H,5-6,8-10,15,23H2/b3-1-,4-2-,17-7+/t20-,21+/m1/s1. The van der Waals surface area contributed by atoms with Crippen LogP contribution >= 0.6 is 0 Å². The lowest BCUT2D eigenvalue weighted by Crippen LogP contribution is -2.29. The Morgan fingerprint density at radius 1 is 1.00 bits per heavy atom. The van der Waals surface area contributed by atoms with Gasteiger partial charge in [-0.05, 0) is 49.7 Å². The largest absolute Gasteiger partial charge is 0.328 e. The highest BCUT2D eigenvalue weighted by Crippen LogP contribution is 2.29. The predicted octanol–water partition coefficient (Wildman–Crippen LogP) is 4.68. The maximum Gasteiger partial charge on any atom is 0.113 e. The van der Waals surface area contributed by atoms with Crippen molar-refractivity contribution in [3.05, 3.63) is 66.4 Å². The number of hydrogen-bond donors (Lipinski definition) is 1. The summed E-state index contributed by atoms with van der Waals surface area (Å²) in [6.07, 6.45) is 19.4. The third-order valence-electron chi connectivity index (χ3n) is 5.36. The second-order valence-electron chi connectivity index (χ2n) is 7.29.